The summed E-state index contributed by atoms with van der Waals surface area (Å²) in [5.74, 6) is 0.287. The molecule has 4 nitrogen and oxygen atoms in total. The van der Waals surface area contributed by atoms with Crippen molar-refractivity contribution in [3.8, 4) is 11.3 Å². The van der Waals surface area contributed by atoms with Gasteiger partial charge in [-0.2, -0.15) is 4.39 Å². The average Bonchev–Trinajstić information content (AvgIpc) is 3.08. The van der Waals surface area contributed by atoms with Crippen molar-refractivity contribution < 1.29 is 8.91 Å². The summed E-state index contributed by atoms with van der Waals surface area (Å²) in [4.78, 5) is 4.04. The summed E-state index contributed by atoms with van der Waals surface area (Å²) in [5.41, 5.74) is 9.06. The summed E-state index contributed by atoms with van der Waals surface area (Å²) in [6.45, 7) is 3.86. The molecule has 1 atom stereocenters. The largest absolute Gasteiger partial charge is 0.356 e. The standard InChI is InChI=1S/C18H18FN3O.ClH/c1-11(2)14-6-7-15(22-18(14)19)17(20)13-5-3-4-12(10-13)16-8-9-21-23-16;/h3-11,17H,20H2,1-2H3;1H. The van der Waals surface area contributed by atoms with E-state index in [-0.39, 0.29) is 18.3 Å². The second-order valence-electron chi connectivity index (χ2n) is 5.75. The Balaban J connectivity index is 0.00000208. The number of halogens is 2. The van der Waals surface area contributed by atoms with E-state index in [0.29, 0.717) is 17.0 Å². The van der Waals surface area contributed by atoms with Gasteiger partial charge in [-0.15, -0.1) is 12.4 Å². The van der Waals surface area contributed by atoms with Gasteiger partial charge >= 0.3 is 0 Å². The summed E-state index contributed by atoms with van der Waals surface area (Å²) < 4.78 is 19.2. The fraction of sp³-hybridized carbons (Fsp3) is 0.222. The molecule has 2 heterocycles. The van der Waals surface area contributed by atoms with Crippen LogP contribution in [0.4, 0.5) is 4.39 Å². The summed E-state index contributed by atoms with van der Waals surface area (Å²) in [6.07, 6.45) is 1.59. The van der Waals surface area contributed by atoms with Gasteiger partial charge in [0.15, 0.2) is 5.76 Å². The van der Waals surface area contributed by atoms with Crippen LogP contribution >= 0.6 is 12.4 Å². The Kier molecular flexibility index (Phi) is 5.70. The predicted octanol–water partition coefficient (Wildman–Crippen LogP) is 4.47. The number of pyridine rings is 1. The number of nitrogens with two attached hydrogens (primary N) is 1. The summed E-state index contributed by atoms with van der Waals surface area (Å²) in [6, 6.07) is 12.4. The highest BCUT2D eigenvalue weighted by Gasteiger charge is 2.15. The first-order valence-electron chi connectivity index (χ1n) is 7.49. The molecule has 0 spiro atoms. The van der Waals surface area contributed by atoms with E-state index in [0.717, 1.165) is 11.1 Å². The molecule has 1 aromatic carbocycles. The Labute approximate surface area is 146 Å². The SMILES string of the molecule is CC(C)c1ccc(C(N)c2cccc(-c3ccno3)c2)nc1F.Cl. The molecule has 0 aliphatic carbocycles. The minimum Gasteiger partial charge on any atom is -0.356 e. The number of hydrogen-bond acceptors (Lipinski definition) is 4. The maximum atomic E-state index is 14.1. The van der Waals surface area contributed by atoms with Gasteiger partial charge in [0, 0.05) is 17.2 Å². The third-order valence-corrected chi connectivity index (χ3v) is 3.81. The third-order valence-electron chi connectivity index (χ3n) is 3.81. The minimum absolute atomic E-state index is 0. The Morgan fingerprint density at radius 2 is 1.92 bits per heavy atom. The van der Waals surface area contributed by atoms with Gasteiger partial charge in [-0.1, -0.05) is 43.3 Å². The van der Waals surface area contributed by atoms with E-state index in [1.54, 1.807) is 24.4 Å². The molecule has 0 saturated carbocycles. The van der Waals surface area contributed by atoms with Crippen LogP contribution in [-0.2, 0) is 0 Å². The number of nitrogens with zero attached hydrogens (tertiary/aromatic N) is 2. The van der Waals surface area contributed by atoms with Gasteiger partial charge in [0.2, 0.25) is 5.95 Å². The average molecular weight is 348 g/mol. The van der Waals surface area contributed by atoms with Crippen LogP contribution in [0.5, 0.6) is 0 Å². The molecule has 0 radical (unpaired) electrons. The number of hydrogen-bond donors (Lipinski definition) is 1. The Bertz CT molecular complexity index is 806. The smallest absolute Gasteiger partial charge is 0.216 e. The highest BCUT2D eigenvalue weighted by atomic mass is 35.5. The lowest BCUT2D eigenvalue weighted by Crippen LogP contribution is -2.15. The Hall–Kier alpha value is -2.24. The molecule has 0 saturated heterocycles. The van der Waals surface area contributed by atoms with E-state index >= 15 is 0 Å². The maximum absolute atomic E-state index is 14.1. The molecular weight excluding hydrogens is 329 g/mol. The van der Waals surface area contributed by atoms with Crippen molar-refractivity contribution in [1.82, 2.24) is 10.1 Å². The lowest BCUT2D eigenvalue weighted by atomic mass is 9.99. The van der Waals surface area contributed by atoms with Crippen LogP contribution in [0.2, 0.25) is 0 Å². The molecular formula is C18H19ClFN3O. The van der Waals surface area contributed by atoms with Gasteiger partial charge in [-0.05, 0) is 23.6 Å². The number of rotatable bonds is 4. The first-order chi connectivity index (χ1) is 11.1. The van der Waals surface area contributed by atoms with Gasteiger partial charge in [0.05, 0.1) is 17.9 Å². The molecule has 1 unspecified atom stereocenters. The molecule has 6 heteroatoms. The van der Waals surface area contributed by atoms with E-state index in [9.17, 15) is 4.39 Å². The van der Waals surface area contributed by atoms with Gasteiger partial charge in [0.25, 0.3) is 0 Å². The van der Waals surface area contributed by atoms with Crippen molar-refractivity contribution >= 4 is 12.4 Å². The maximum Gasteiger partial charge on any atom is 0.216 e. The zero-order chi connectivity index (χ0) is 16.4. The summed E-state index contributed by atoms with van der Waals surface area (Å²) in [7, 11) is 0. The van der Waals surface area contributed by atoms with E-state index in [2.05, 4.69) is 10.1 Å². The van der Waals surface area contributed by atoms with Crippen molar-refractivity contribution in [2.24, 2.45) is 5.73 Å². The molecule has 0 aliphatic heterocycles. The van der Waals surface area contributed by atoms with Gasteiger partial charge in [0.1, 0.15) is 0 Å². The molecule has 0 amide bonds. The molecule has 126 valence electrons. The second kappa shape index (κ2) is 7.55. The van der Waals surface area contributed by atoms with Crippen molar-refractivity contribution in [3.63, 3.8) is 0 Å². The highest BCUT2D eigenvalue weighted by Crippen LogP contribution is 2.26. The summed E-state index contributed by atoms with van der Waals surface area (Å²) >= 11 is 0. The van der Waals surface area contributed by atoms with Gasteiger partial charge < -0.3 is 10.3 Å². The number of aromatic nitrogens is 2. The van der Waals surface area contributed by atoms with Crippen LogP contribution in [0.15, 0.2) is 53.2 Å². The van der Waals surface area contributed by atoms with Crippen LogP contribution in [-0.4, -0.2) is 10.1 Å². The normalized spacial score (nSPS) is 12.0. The fourth-order valence-electron chi connectivity index (χ4n) is 2.48. The zero-order valence-electron chi connectivity index (χ0n) is 13.4. The van der Waals surface area contributed by atoms with Crippen LogP contribution in [0, 0.1) is 5.95 Å². The third kappa shape index (κ3) is 3.63. The van der Waals surface area contributed by atoms with Gasteiger partial charge in [-0.3, -0.25) is 0 Å². The lowest BCUT2D eigenvalue weighted by molar-refractivity contribution is 0.432. The van der Waals surface area contributed by atoms with Crippen LogP contribution in [0.1, 0.15) is 42.6 Å². The summed E-state index contributed by atoms with van der Waals surface area (Å²) in [5, 5.41) is 3.70. The van der Waals surface area contributed by atoms with E-state index < -0.39 is 12.0 Å². The van der Waals surface area contributed by atoms with Crippen LogP contribution in [0.25, 0.3) is 11.3 Å². The quantitative estimate of drug-likeness (QED) is 0.707. The predicted molar refractivity (Wildman–Crippen MR) is 93.5 cm³/mol. The molecule has 0 fully saturated rings. The fourth-order valence-corrected chi connectivity index (χ4v) is 2.48. The molecule has 2 aromatic heterocycles. The molecule has 24 heavy (non-hydrogen) atoms. The Morgan fingerprint density at radius 3 is 2.54 bits per heavy atom. The lowest BCUT2D eigenvalue weighted by Gasteiger charge is -2.14. The van der Waals surface area contributed by atoms with E-state index in [1.165, 1.54) is 0 Å². The first kappa shape index (κ1) is 18.1. The Morgan fingerprint density at radius 1 is 1.12 bits per heavy atom. The monoisotopic (exact) mass is 347 g/mol. The highest BCUT2D eigenvalue weighted by molar-refractivity contribution is 5.85. The topological polar surface area (TPSA) is 64.9 Å². The molecule has 2 N–H and O–H groups in total. The van der Waals surface area contributed by atoms with Crippen LogP contribution < -0.4 is 5.73 Å². The minimum atomic E-state index is -0.506. The van der Waals surface area contributed by atoms with E-state index in [4.69, 9.17) is 10.3 Å². The first-order valence-corrected chi connectivity index (χ1v) is 7.49. The van der Waals surface area contributed by atoms with E-state index in [1.807, 2.05) is 38.1 Å². The van der Waals surface area contributed by atoms with Gasteiger partial charge in [-0.25, -0.2) is 4.98 Å². The van der Waals surface area contributed by atoms with Crippen molar-refractivity contribution in [2.75, 3.05) is 0 Å². The van der Waals surface area contributed by atoms with Crippen molar-refractivity contribution in [2.45, 2.75) is 25.8 Å². The molecule has 0 bridgehead atoms. The molecule has 0 aliphatic rings. The van der Waals surface area contributed by atoms with Crippen molar-refractivity contribution in [1.29, 1.82) is 0 Å². The molecule has 3 aromatic rings. The number of benzene rings is 1. The zero-order valence-corrected chi connectivity index (χ0v) is 14.3. The van der Waals surface area contributed by atoms with Crippen molar-refractivity contribution in [3.05, 3.63) is 71.4 Å². The second-order valence-corrected chi connectivity index (χ2v) is 5.75. The van der Waals surface area contributed by atoms with Crippen LogP contribution in [0.3, 0.4) is 0 Å². The molecule has 3 rings (SSSR count).